The summed E-state index contributed by atoms with van der Waals surface area (Å²) in [6, 6.07) is 4.48. The van der Waals surface area contributed by atoms with Crippen molar-refractivity contribution in [3.8, 4) is 6.07 Å². The summed E-state index contributed by atoms with van der Waals surface area (Å²) < 4.78 is 18.6. The van der Waals surface area contributed by atoms with E-state index in [1.807, 2.05) is 6.07 Å². The fourth-order valence-electron chi connectivity index (χ4n) is 4.92. The van der Waals surface area contributed by atoms with Crippen molar-refractivity contribution in [3.05, 3.63) is 35.4 Å². The molecular weight excluding hydrogens is 471 g/mol. The van der Waals surface area contributed by atoms with Crippen molar-refractivity contribution < 1.29 is 23.5 Å². The van der Waals surface area contributed by atoms with E-state index in [0.717, 1.165) is 19.3 Å². The number of halogens is 1. The van der Waals surface area contributed by atoms with Crippen LogP contribution in [-0.2, 0) is 19.1 Å². The molecule has 0 spiro atoms. The highest BCUT2D eigenvalue weighted by Gasteiger charge is 2.56. The zero-order valence-electron chi connectivity index (χ0n) is 19.7. The van der Waals surface area contributed by atoms with Crippen molar-refractivity contribution >= 4 is 29.3 Å². The molecule has 188 valence electrons. The van der Waals surface area contributed by atoms with Crippen LogP contribution in [0.4, 0.5) is 10.2 Å². The Kier molecular flexibility index (Phi) is 6.15. The lowest BCUT2D eigenvalue weighted by Gasteiger charge is -2.46. The van der Waals surface area contributed by atoms with E-state index in [-0.39, 0.29) is 48.2 Å². The Bertz CT molecular complexity index is 1200. The van der Waals surface area contributed by atoms with Crippen molar-refractivity contribution in [3.63, 3.8) is 0 Å². The standard InChI is InChI=1S/C23H25FN8O4/c1-23-10-16(11-25)28-32(23)21(34)17-13-30(5-4-29-6-8-36-9-7-29)22(35)20(17)31(23)14-19(33)27-18-3-2-15(24)12-26-18/h2-3,12H,4-10,13-14H2,1H3,(H,26,27,33). The minimum atomic E-state index is -1.20. The van der Waals surface area contributed by atoms with Crippen LogP contribution in [0.5, 0.6) is 0 Å². The number of nitrogens with zero attached hydrogens (tertiary/aromatic N) is 7. The van der Waals surface area contributed by atoms with E-state index in [4.69, 9.17) is 4.74 Å². The van der Waals surface area contributed by atoms with Gasteiger partial charge in [0.1, 0.15) is 34.8 Å². The summed E-state index contributed by atoms with van der Waals surface area (Å²) in [6.45, 7) is 5.36. The number of hydrazone groups is 1. The Morgan fingerprint density at radius 1 is 1.25 bits per heavy atom. The van der Waals surface area contributed by atoms with Gasteiger partial charge in [0.2, 0.25) is 5.91 Å². The summed E-state index contributed by atoms with van der Waals surface area (Å²) in [5.41, 5.74) is -0.675. The van der Waals surface area contributed by atoms with E-state index in [1.54, 1.807) is 16.7 Å². The highest BCUT2D eigenvalue weighted by Crippen LogP contribution is 2.42. The molecular formula is C23H25FN8O4. The van der Waals surface area contributed by atoms with Gasteiger partial charge in [-0.25, -0.2) is 14.4 Å². The van der Waals surface area contributed by atoms with E-state index in [9.17, 15) is 24.0 Å². The number of fused-ring (bicyclic) bond motifs is 1. The first kappa shape index (κ1) is 23.8. The first-order valence-corrected chi connectivity index (χ1v) is 11.6. The van der Waals surface area contributed by atoms with Gasteiger partial charge in [-0.2, -0.15) is 10.4 Å². The smallest absolute Gasteiger partial charge is 0.276 e. The molecule has 1 aromatic rings. The zero-order chi connectivity index (χ0) is 25.4. The summed E-state index contributed by atoms with van der Waals surface area (Å²) in [4.78, 5) is 49.1. The second-order valence-corrected chi connectivity index (χ2v) is 9.17. The molecule has 0 aromatic carbocycles. The molecule has 0 aliphatic carbocycles. The molecule has 5 heterocycles. The van der Waals surface area contributed by atoms with Gasteiger partial charge in [-0.3, -0.25) is 19.3 Å². The number of carbonyl (C=O) groups excluding carboxylic acids is 3. The summed E-state index contributed by atoms with van der Waals surface area (Å²) >= 11 is 0. The highest BCUT2D eigenvalue weighted by molar-refractivity contribution is 6.12. The molecule has 1 fully saturated rings. The number of anilines is 1. The number of morpholine rings is 1. The first-order valence-electron chi connectivity index (χ1n) is 11.6. The largest absolute Gasteiger partial charge is 0.379 e. The number of ether oxygens (including phenoxy) is 1. The predicted molar refractivity (Wildman–Crippen MR) is 123 cm³/mol. The minimum Gasteiger partial charge on any atom is -0.379 e. The molecule has 5 rings (SSSR count). The van der Waals surface area contributed by atoms with E-state index >= 15 is 0 Å². The SMILES string of the molecule is CC12CC(C#N)=NN1C(=O)C1=C(C(=O)N(CCN3CCOCC3)C1)N2CC(=O)Nc1ccc(F)cn1. The van der Waals surface area contributed by atoms with Crippen molar-refractivity contribution in [2.45, 2.75) is 19.0 Å². The molecule has 1 aromatic heterocycles. The van der Waals surface area contributed by atoms with Gasteiger partial charge in [0.15, 0.2) is 0 Å². The topological polar surface area (TPSA) is 134 Å². The molecule has 0 saturated carbocycles. The van der Waals surface area contributed by atoms with Gasteiger partial charge in [0, 0.05) is 32.6 Å². The average Bonchev–Trinajstić information content (AvgIpc) is 3.40. The van der Waals surface area contributed by atoms with Crippen LogP contribution in [0.25, 0.3) is 0 Å². The lowest BCUT2D eigenvalue weighted by Crippen LogP contribution is -2.62. The van der Waals surface area contributed by atoms with Crippen LogP contribution >= 0.6 is 0 Å². The van der Waals surface area contributed by atoms with Crippen LogP contribution in [0.1, 0.15) is 13.3 Å². The molecule has 1 unspecified atom stereocenters. The molecule has 12 nitrogen and oxygen atoms in total. The lowest BCUT2D eigenvalue weighted by molar-refractivity contribution is -0.145. The van der Waals surface area contributed by atoms with Crippen molar-refractivity contribution in [1.29, 1.82) is 5.26 Å². The van der Waals surface area contributed by atoms with E-state index in [1.165, 1.54) is 17.1 Å². The van der Waals surface area contributed by atoms with Crippen LogP contribution < -0.4 is 5.32 Å². The molecule has 1 atom stereocenters. The van der Waals surface area contributed by atoms with Crippen molar-refractivity contribution in [1.82, 2.24) is 24.7 Å². The quantitative estimate of drug-likeness (QED) is 0.569. The average molecular weight is 497 g/mol. The number of amides is 3. The molecule has 36 heavy (non-hydrogen) atoms. The number of hydrogen-bond donors (Lipinski definition) is 1. The number of carbonyl (C=O) groups is 3. The molecule has 0 radical (unpaired) electrons. The lowest BCUT2D eigenvalue weighted by atomic mass is 9.97. The molecule has 0 bridgehead atoms. The first-order chi connectivity index (χ1) is 17.3. The van der Waals surface area contributed by atoms with Gasteiger partial charge >= 0.3 is 0 Å². The Labute approximate surface area is 206 Å². The maximum atomic E-state index is 13.6. The summed E-state index contributed by atoms with van der Waals surface area (Å²) in [5, 5.41) is 17.4. The Hall–Kier alpha value is -3.89. The third-order valence-corrected chi connectivity index (χ3v) is 6.82. The number of pyridine rings is 1. The Morgan fingerprint density at radius 2 is 2.03 bits per heavy atom. The highest BCUT2D eigenvalue weighted by atomic mass is 19.1. The molecule has 1 saturated heterocycles. The Morgan fingerprint density at radius 3 is 2.72 bits per heavy atom. The minimum absolute atomic E-state index is 0.0646. The maximum Gasteiger partial charge on any atom is 0.276 e. The zero-order valence-corrected chi connectivity index (χ0v) is 19.7. The van der Waals surface area contributed by atoms with Gasteiger partial charge < -0.3 is 19.9 Å². The van der Waals surface area contributed by atoms with Crippen molar-refractivity contribution in [2.24, 2.45) is 5.10 Å². The van der Waals surface area contributed by atoms with Crippen LogP contribution in [-0.4, -0.2) is 106 Å². The second-order valence-electron chi connectivity index (χ2n) is 9.17. The molecule has 4 aliphatic heterocycles. The number of nitrogens with one attached hydrogen (secondary N) is 1. The van der Waals surface area contributed by atoms with Crippen LogP contribution in [0, 0.1) is 17.1 Å². The number of hydrogen-bond acceptors (Lipinski definition) is 9. The monoisotopic (exact) mass is 496 g/mol. The fraction of sp³-hybridized carbons (Fsp3) is 0.478. The molecule has 13 heteroatoms. The molecule has 1 N–H and O–H groups in total. The summed E-state index contributed by atoms with van der Waals surface area (Å²) in [6.07, 6.45) is 1.05. The number of nitriles is 1. The molecule has 3 amide bonds. The molecule has 4 aliphatic rings. The van der Waals surface area contributed by atoms with Crippen LogP contribution in [0.15, 0.2) is 34.7 Å². The van der Waals surface area contributed by atoms with Gasteiger partial charge in [0.25, 0.3) is 11.8 Å². The second kappa shape index (κ2) is 9.29. The number of aromatic nitrogens is 1. The third kappa shape index (κ3) is 4.18. The van der Waals surface area contributed by atoms with Gasteiger partial charge in [0.05, 0.1) is 38.1 Å². The summed E-state index contributed by atoms with van der Waals surface area (Å²) in [7, 11) is 0. The van der Waals surface area contributed by atoms with Gasteiger partial charge in [-0.1, -0.05) is 0 Å². The van der Waals surface area contributed by atoms with Gasteiger partial charge in [-0.15, -0.1) is 0 Å². The maximum absolute atomic E-state index is 13.6. The van der Waals surface area contributed by atoms with Gasteiger partial charge in [-0.05, 0) is 19.1 Å². The Balaban J connectivity index is 1.39. The van der Waals surface area contributed by atoms with E-state index in [0.29, 0.717) is 26.3 Å². The summed E-state index contributed by atoms with van der Waals surface area (Å²) in [5.74, 6) is -1.69. The predicted octanol–water partition coefficient (Wildman–Crippen LogP) is -0.269. The van der Waals surface area contributed by atoms with E-state index in [2.05, 4.69) is 20.3 Å². The normalized spacial score (nSPS) is 24.0. The van der Waals surface area contributed by atoms with Crippen LogP contribution in [0.2, 0.25) is 0 Å². The van der Waals surface area contributed by atoms with Crippen molar-refractivity contribution in [2.75, 3.05) is 57.8 Å². The third-order valence-electron chi connectivity index (χ3n) is 6.82. The van der Waals surface area contributed by atoms with E-state index < -0.39 is 23.3 Å². The number of rotatable bonds is 6. The van der Waals surface area contributed by atoms with Crippen LogP contribution in [0.3, 0.4) is 0 Å². The fourth-order valence-corrected chi connectivity index (χ4v) is 4.92.